The Morgan fingerprint density at radius 3 is 2.53 bits per heavy atom. The van der Waals surface area contributed by atoms with Crippen LogP contribution in [0, 0.1) is 0 Å². The number of benzene rings is 1. The van der Waals surface area contributed by atoms with E-state index in [0.29, 0.717) is 11.5 Å². The van der Waals surface area contributed by atoms with Crippen LogP contribution in [0.25, 0.3) is 10.9 Å². The van der Waals surface area contributed by atoms with Crippen LogP contribution in [0.5, 0.6) is 11.5 Å². The van der Waals surface area contributed by atoms with E-state index < -0.39 is 0 Å². The van der Waals surface area contributed by atoms with Crippen molar-refractivity contribution in [3.05, 3.63) is 18.5 Å². The van der Waals surface area contributed by atoms with Crippen LogP contribution in [0.15, 0.2) is 18.5 Å². The summed E-state index contributed by atoms with van der Waals surface area (Å²) in [5.74, 6) is 2.35. The zero-order valence-electron chi connectivity index (χ0n) is 11.2. The highest BCUT2D eigenvalue weighted by molar-refractivity contribution is 5.95. The molecule has 100 valence electrons. The summed E-state index contributed by atoms with van der Waals surface area (Å²) < 4.78 is 10.7. The van der Waals surface area contributed by atoms with E-state index in [4.69, 9.17) is 9.47 Å². The zero-order chi connectivity index (χ0) is 13.2. The van der Waals surface area contributed by atoms with Crippen molar-refractivity contribution < 1.29 is 9.47 Å². The van der Waals surface area contributed by atoms with Gasteiger partial charge in [-0.2, -0.15) is 0 Å². The molecule has 1 aliphatic heterocycles. The van der Waals surface area contributed by atoms with Gasteiger partial charge in [-0.15, -0.1) is 0 Å². The molecule has 0 atom stereocenters. The molecule has 0 aliphatic carbocycles. The summed E-state index contributed by atoms with van der Waals surface area (Å²) in [5.41, 5.74) is 0.804. The second-order valence-corrected chi connectivity index (χ2v) is 4.59. The quantitative estimate of drug-likeness (QED) is 0.846. The lowest BCUT2D eigenvalue weighted by molar-refractivity contribution is 0.358. The van der Waals surface area contributed by atoms with Crippen LogP contribution in [0.1, 0.15) is 12.8 Å². The smallest absolute Gasteiger partial charge is 0.187 e. The molecule has 0 radical (unpaired) electrons. The molecule has 1 aliphatic rings. The van der Waals surface area contributed by atoms with Gasteiger partial charge in [0.15, 0.2) is 11.5 Å². The number of ether oxygens (including phenoxy) is 2. The van der Waals surface area contributed by atoms with Gasteiger partial charge in [0, 0.05) is 18.5 Å². The molecule has 2 heterocycles. The van der Waals surface area contributed by atoms with Crippen molar-refractivity contribution in [2.24, 2.45) is 0 Å². The van der Waals surface area contributed by atoms with Crippen molar-refractivity contribution >= 4 is 16.7 Å². The van der Waals surface area contributed by atoms with Gasteiger partial charge < -0.3 is 14.4 Å². The van der Waals surface area contributed by atoms with Gasteiger partial charge in [0.2, 0.25) is 0 Å². The molecule has 2 aromatic rings. The summed E-state index contributed by atoms with van der Waals surface area (Å²) in [6.45, 7) is 2.11. The van der Waals surface area contributed by atoms with E-state index in [1.807, 2.05) is 12.1 Å². The summed E-state index contributed by atoms with van der Waals surface area (Å²) >= 11 is 0. The summed E-state index contributed by atoms with van der Waals surface area (Å²) in [4.78, 5) is 11.1. The van der Waals surface area contributed by atoms with Gasteiger partial charge in [0.05, 0.1) is 14.2 Å². The first-order chi connectivity index (χ1) is 9.35. The van der Waals surface area contributed by atoms with Gasteiger partial charge in [-0.05, 0) is 25.0 Å². The monoisotopic (exact) mass is 259 g/mol. The van der Waals surface area contributed by atoms with Crippen molar-refractivity contribution in [3.8, 4) is 11.5 Å². The highest BCUT2D eigenvalue weighted by atomic mass is 16.5. The number of aromatic nitrogens is 2. The predicted molar refractivity (Wildman–Crippen MR) is 74.1 cm³/mol. The first kappa shape index (κ1) is 12.0. The van der Waals surface area contributed by atoms with Crippen LogP contribution >= 0.6 is 0 Å². The molecule has 1 aromatic heterocycles. The molecule has 0 amide bonds. The zero-order valence-corrected chi connectivity index (χ0v) is 11.2. The van der Waals surface area contributed by atoms with E-state index >= 15 is 0 Å². The summed E-state index contributed by atoms with van der Waals surface area (Å²) in [6.07, 6.45) is 4.04. The van der Waals surface area contributed by atoms with Gasteiger partial charge in [-0.25, -0.2) is 9.97 Å². The molecule has 5 heteroatoms. The summed E-state index contributed by atoms with van der Waals surface area (Å²) in [6, 6.07) is 3.91. The molecule has 0 spiro atoms. The number of hydrogen-bond acceptors (Lipinski definition) is 5. The Morgan fingerprint density at radius 2 is 1.84 bits per heavy atom. The predicted octanol–water partition coefficient (Wildman–Crippen LogP) is 2.25. The molecule has 19 heavy (non-hydrogen) atoms. The molecular weight excluding hydrogens is 242 g/mol. The van der Waals surface area contributed by atoms with Crippen molar-refractivity contribution in [2.75, 3.05) is 32.2 Å². The van der Waals surface area contributed by atoms with E-state index in [1.54, 1.807) is 20.5 Å². The summed E-state index contributed by atoms with van der Waals surface area (Å²) in [7, 11) is 3.27. The van der Waals surface area contributed by atoms with Gasteiger partial charge in [-0.1, -0.05) is 0 Å². The van der Waals surface area contributed by atoms with E-state index in [-0.39, 0.29) is 0 Å². The Balaban J connectivity index is 2.20. The normalized spacial score (nSPS) is 14.9. The topological polar surface area (TPSA) is 47.5 Å². The molecule has 0 bridgehead atoms. The minimum absolute atomic E-state index is 0.669. The minimum Gasteiger partial charge on any atom is -0.493 e. The van der Waals surface area contributed by atoms with Crippen molar-refractivity contribution in [1.82, 2.24) is 9.97 Å². The molecule has 0 N–H and O–H groups in total. The minimum atomic E-state index is 0.669. The molecule has 5 nitrogen and oxygen atoms in total. The third kappa shape index (κ3) is 1.95. The number of fused-ring (bicyclic) bond motifs is 1. The lowest BCUT2D eigenvalue weighted by atomic mass is 10.2. The van der Waals surface area contributed by atoms with E-state index in [2.05, 4.69) is 14.9 Å². The Labute approximate surface area is 112 Å². The average Bonchev–Trinajstić information content (AvgIpc) is 2.99. The fourth-order valence-electron chi connectivity index (χ4n) is 2.61. The fourth-order valence-corrected chi connectivity index (χ4v) is 2.61. The number of anilines is 1. The van der Waals surface area contributed by atoms with Crippen LogP contribution in [-0.2, 0) is 0 Å². The molecule has 0 saturated carbocycles. The number of nitrogens with zero attached hydrogens (tertiary/aromatic N) is 3. The van der Waals surface area contributed by atoms with Crippen molar-refractivity contribution in [3.63, 3.8) is 0 Å². The van der Waals surface area contributed by atoms with E-state index in [1.165, 1.54) is 12.8 Å². The second-order valence-electron chi connectivity index (χ2n) is 4.59. The van der Waals surface area contributed by atoms with Gasteiger partial charge in [-0.3, -0.25) is 0 Å². The Bertz CT molecular complexity index is 595. The van der Waals surface area contributed by atoms with E-state index in [0.717, 1.165) is 29.8 Å². The third-order valence-electron chi connectivity index (χ3n) is 3.53. The highest BCUT2D eigenvalue weighted by Gasteiger charge is 2.19. The Hall–Kier alpha value is -2.04. The number of rotatable bonds is 3. The molecule has 1 fully saturated rings. The molecule has 1 saturated heterocycles. The maximum absolute atomic E-state index is 5.43. The summed E-state index contributed by atoms with van der Waals surface area (Å²) in [5, 5.41) is 1.02. The van der Waals surface area contributed by atoms with Crippen LogP contribution in [0.2, 0.25) is 0 Å². The largest absolute Gasteiger partial charge is 0.493 e. The lowest BCUT2D eigenvalue weighted by Crippen LogP contribution is -2.19. The Morgan fingerprint density at radius 1 is 1.05 bits per heavy atom. The second kappa shape index (κ2) is 4.91. The lowest BCUT2D eigenvalue weighted by Gasteiger charge is -2.19. The van der Waals surface area contributed by atoms with Gasteiger partial charge in [0.1, 0.15) is 17.7 Å². The molecular formula is C14H17N3O2. The Kier molecular flexibility index (Phi) is 3.11. The van der Waals surface area contributed by atoms with Crippen LogP contribution in [-0.4, -0.2) is 37.3 Å². The standard InChI is InChI=1S/C14H17N3O2/c1-18-11-6-5-10-12(13(11)19-2)15-9-16-14(10)17-7-3-4-8-17/h5-6,9H,3-4,7-8H2,1-2H3. The molecule has 0 unspecified atom stereocenters. The number of methoxy groups -OCH3 is 2. The first-order valence-corrected chi connectivity index (χ1v) is 6.46. The SMILES string of the molecule is COc1ccc2c(N3CCCC3)ncnc2c1OC. The van der Waals surface area contributed by atoms with E-state index in [9.17, 15) is 0 Å². The van der Waals surface area contributed by atoms with Crippen LogP contribution in [0.3, 0.4) is 0 Å². The fraction of sp³-hybridized carbons (Fsp3) is 0.429. The average molecular weight is 259 g/mol. The van der Waals surface area contributed by atoms with Gasteiger partial charge in [0.25, 0.3) is 0 Å². The highest BCUT2D eigenvalue weighted by Crippen LogP contribution is 2.37. The molecule has 3 rings (SSSR count). The maximum atomic E-state index is 5.43. The third-order valence-corrected chi connectivity index (χ3v) is 3.53. The maximum Gasteiger partial charge on any atom is 0.187 e. The van der Waals surface area contributed by atoms with Crippen LogP contribution < -0.4 is 14.4 Å². The number of hydrogen-bond donors (Lipinski definition) is 0. The molecule has 1 aromatic carbocycles. The van der Waals surface area contributed by atoms with Gasteiger partial charge >= 0.3 is 0 Å². The van der Waals surface area contributed by atoms with Crippen molar-refractivity contribution in [2.45, 2.75) is 12.8 Å². The first-order valence-electron chi connectivity index (χ1n) is 6.46. The van der Waals surface area contributed by atoms with Crippen LogP contribution in [0.4, 0.5) is 5.82 Å². The van der Waals surface area contributed by atoms with Crippen molar-refractivity contribution in [1.29, 1.82) is 0 Å².